The van der Waals surface area contributed by atoms with Gasteiger partial charge in [-0.1, -0.05) is 6.42 Å². The molecule has 168 valence electrons. The number of benzene rings is 2. The lowest BCUT2D eigenvalue weighted by atomic mass is 9.86. The molecule has 10 heteroatoms. The number of amides is 1. The fourth-order valence-corrected chi connectivity index (χ4v) is 4.19. The average molecular weight is 462 g/mol. The van der Waals surface area contributed by atoms with Crippen LogP contribution in [0.5, 0.6) is 5.75 Å². The van der Waals surface area contributed by atoms with Crippen molar-refractivity contribution in [3.8, 4) is 11.8 Å². The molecular weight excluding hydrogens is 442 g/mol. The number of ketones is 1. The Balaban J connectivity index is 2.01. The Morgan fingerprint density at radius 1 is 1.25 bits per heavy atom. The van der Waals surface area contributed by atoms with Gasteiger partial charge in [0.05, 0.1) is 39.9 Å². The van der Waals surface area contributed by atoms with Crippen molar-refractivity contribution in [2.45, 2.75) is 31.1 Å². The van der Waals surface area contributed by atoms with Crippen LogP contribution in [0, 0.1) is 28.9 Å². The molecule has 1 N–H and O–H groups in total. The number of Topliss-reactive ketones (excluding diaryl/α,β-unsaturated/α-hetero) is 1. The molecule has 2 aromatic carbocycles. The van der Waals surface area contributed by atoms with Gasteiger partial charge in [0.25, 0.3) is 5.91 Å². The number of hydrogen-bond acceptors (Lipinski definition) is 6. The smallest absolute Gasteiger partial charge is 0.257 e. The maximum atomic E-state index is 15.0. The first-order valence-electron chi connectivity index (χ1n) is 9.74. The van der Waals surface area contributed by atoms with Crippen molar-refractivity contribution in [2.24, 2.45) is 5.92 Å². The molecule has 0 aliphatic heterocycles. The molecule has 32 heavy (non-hydrogen) atoms. The predicted molar refractivity (Wildman–Crippen MR) is 111 cm³/mol. The van der Waals surface area contributed by atoms with E-state index < -0.39 is 55.7 Å². The molecule has 0 saturated heterocycles. The zero-order valence-corrected chi connectivity index (χ0v) is 18.2. The van der Waals surface area contributed by atoms with Gasteiger partial charge in [0.1, 0.15) is 0 Å². The summed E-state index contributed by atoms with van der Waals surface area (Å²) < 4.78 is 58.9. The average Bonchev–Trinajstić information content (AvgIpc) is 2.67. The molecule has 1 saturated carbocycles. The number of halogens is 2. The molecule has 7 nitrogen and oxygen atoms in total. The van der Waals surface area contributed by atoms with Crippen LogP contribution < -0.4 is 10.1 Å². The first-order chi connectivity index (χ1) is 15.0. The van der Waals surface area contributed by atoms with Crippen LogP contribution in [0.25, 0.3) is 0 Å². The quantitative estimate of drug-likeness (QED) is 0.625. The van der Waals surface area contributed by atoms with E-state index in [9.17, 15) is 26.8 Å². The van der Waals surface area contributed by atoms with Crippen molar-refractivity contribution in [1.29, 1.82) is 5.26 Å². The number of rotatable bonds is 7. The molecule has 1 fully saturated rings. The number of nitriles is 1. The molecule has 0 atom stereocenters. The first kappa shape index (κ1) is 23.3. The van der Waals surface area contributed by atoms with Crippen LogP contribution in [0.15, 0.2) is 29.2 Å². The van der Waals surface area contributed by atoms with Crippen molar-refractivity contribution in [2.75, 3.05) is 18.2 Å². The highest BCUT2D eigenvalue weighted by molar-refractivity contribution is 7.90. The van der Waals surface area contributed by atoms with Crippen LogP contribution in [0.4, 0.5) is 14.5 Å². The molecule has 2 aromatic rings. The predicted octanol–water partition coefficient (Wildman–Crippen LogP) is 3.87. The van der Waals surface area contributed by atoms with Crippen LogP contribution in [0.2, 0.25) is 0 Å². The maximum Gasteiger partial charge on any atom is 0.257 e. The molecule has 0 heterocycles. The van der Waals surface area contributed by atoms with Gasteiger partial charge < -0.3 is 10.1 Å². The second-order valence-electron chi connectivity index (χ2n) is 7.64. The third-order valence-corrected chi connectivity index (χ3v) is 6.37. The lowest BCUT2D eigenvalue weighted by Crippen LogP contribution is -2.21. The molecule has 1 aliphatic carbocycles. The fourth-order valence-electron chi connectivity index (χ4n) is 3.33. The number of anilines is 1. The monoisotopic (exact) mass is 462 g/mol. The van der Waals surface area contributed by atoms with Gasteiger partial charge in [-0.05, 0) is 43.9 Å². The molecule has 0 spiro atoms. The summed E-state index contributed by atoms with van der Waals surface area (Å²) in [6.07, 6.45) is 3.67. The normalized spacial score (nSPS) is 13.7. The largest absolute Gasteiger partial charge is 0.487 e. The number of sulfone groups is 1. The molecule has 1 amide bonds. The molecule has 0 radical (unpaired) electrons. The Labute approximate surface area is 183 Å². The third-order valence-electron chi connectivity index (χ3n) is 5.22. The number of carbonyl (C=O) groups excluding carboxylic acids is 2. The number of hydrogen-bond donors (Lipinski definition) is 1. The van der Waals surface area contributed by atoms with Gasteiger partial charge in [0, 0.05) is 12.3 Å². The molecule has 0 unspecified atom stereocenters. The van der Waals surface area contributed by atoms with Gasteiger partial charge in [0.2, 0.25) is 0 Å². The van der Waals surface area contributed by atoms with Gasteiger partial charge in [-0.15, -0.1) is 0 Å². The van der Waals surface area contributed by atoms with E-state index in [1.165, 1.54) is 6.07 Å². The second kappa shape index (κ2) is 9.04. The van der Waals surface area contributed by atoms with E-state index in [1.54, 1.807) is 6.07 Å². The maximum absolute atomic E-state index is 15.0. The minimum atomic E-state index is -3.86. The summed E-state index contributed by atoms with van der Waals surface area (Å²) in [6.45, 7) is 1.15. The SMILES string of the molecule is CC(=O)c1c(NC(=O)c2cc(C#N)ccc2S(C)(=O)=O)cc(F)c(OCC2CCC2)c1F. The molecular formula is C22H20F2N2O5S. The Bertz CT molecular complexity index is 1250. The fraction of sp³-hybridized carbons (Fsp3) is 0.318. The zero-order chi connectivity index (χ0) is 23.6. The van der Waals surface area contributed by atoms with E-state index in [-0.39, 0.29) is 23.0 Å². The van der Waals surface area contributed by atoms with Crippen LogP contribution in [0.3, 0.4) is 0 Å². The van der Waals surface area contributed by atoms with Gasteiger partial charge in [0.15, 0.2) is 33.0 Å². The van der Waals surface area contributed by atoms with E-state index in [4.69, 9.17) is 10.00 Å². The summed E-state index contributed by atoms with van der Waals surface area (Å²) in [6, 6.07) is 5.90. The lowest BCUT2D eigenvalue weighted by molar-refractivity contribution is 0.101. The summed E-state index contributed by atoms with van der Waals surface area (Å²) in [7, 11) is -3.86. The van der Waals surface area contributed by atoms with Crippen molar-refractivity contribution in [3.63, 3.8) is 0 Å². The lowest BCUT2D eigenvalue weighted by Gasteiger charge is -2.25. The molecule has 0 aromatic heterocycles. The van der Waals surface area contributed by atoms with E-state index in [1.807, 2.05) is 0 Å². The number of ether oxygens (including phenoxy) is 1. The van der Waals surface area contributed by atoms with Gasteiger partial charge in [-0.3, -0.25) is 9.59 Å². The van der Waals surface area contributed by atoms with Crippen LogP contribution in [-0.2, 0) is 9.84 Å². The van der Waals surface area contributed by atoms with Gasteiger partial charge >= 0.3 is 0 Å². The third kappa shape index (κ3) is 4.78. The molecule has 1 aliphatic rings. The highest BCUT2D eigenvalue weighted by Crippen LogP contribution is 2.34. The molecule has 3 rings (SSSR count). The highest BCUT2D eigenvalue weighted by Gasteiger charge is 2.27. The van der Waals surface area contributed by atoms with Crippen molar-refractivity contribution in [3.05, 3.63) is 52.6 Å². The Hall–Kier alpha value is -3.32. The summed E-state index contributed by atoms with van der Waals surface area (Å²) in [4.78, 5) is 24.5. The number of nitrogens with one attached hydrogen (secondary N) is 1. The summed E-state index contributed by atoms with van der Waals surface area (Å²) in [5.41, 5.74) is -1.46. The Morgan fingerprint density at radius 3 is 2.47 bits per heavy atom. The Kier molecular flexibility index (Phi) is 6.60. The van der Waals surface area contributed by atoms with Crippen molar-refractivity contribution < 1.29 is 31.5 Å². The van der Waals surface area contributed by atoms with Crippen molar-refractivity contribution in [1.82, 2.24) is 0 Å². The number of carbonyl (C=O) groups is 2. The van der Waals surface area contributed by atoms with E-state index >= 15 is 0 Å². The minimum absolute atomic E-state index is 0.00597. The topological polar surface area (TPSA) is 113 Å². The minimum Gasteiger partial charge on any atom is -0.487 e. The summed E-state index contributed by atoms with van der Waals surface area (Å²) >= 11 is 0. The van der Waals surface area contributed by atoms with Gasteiger partial charge in [-0.25, -0.2) is 17.2 Å². The second-order valence-corrected chi connectivity index (χ2v) is 9.62. The number of nitrogens with zero attached hydrogens (tertiary/aromatic N) is 1. The van der Waals surface area contributed by atoms with E-state index in [2.05, 4.69) is 5.32 Å². The molecule has 0 bridgehead atoms. The standard InChI is InChI=1S/C22H20F2N2O5S/c1-12(27)19-17(9-16(23)21(20(19)24)31-11-13-4-3-5-13)26-22(28)15-8-14(10-25)6-7-18(15)32(2,29)30/h6-9,13H,3-5,11H2,1-2H3,(H,26,28). The van der Waals surface area contributed by atoms with E-state index in [0.717, 1.165) is 50.6 Å². The van der Waals surface area contributed by atoms with Gasteiger partial charge in [-0.2, -0.15) is 5.26 Å². The zero-order valence-electron chi connectivity index (χ0n) is 17.4. The highest BCUT2D eigenvalue weighted by atomic mass is 32.2. The summed E-state index contributed by atoms with van der Waals surface area (Å²) in [5.74, 6) is -4.72. The van der Waals surface area contributed by atoms with E-state index in [0.29, 0.717) is 0 Å². The van der Waals surface area contributed by atoms with Crippen LogP contribution in [0.1, 0.15) is 52.5 Å². The van der Waals surface area contributed by atoms with Crippen LogP contribution >= 0.6 is 0 Å². The van der Waals surface area contributed by atoms with Crippen molar-refractivity contribution >= 4 is 27.2 Å². The first-order valence-corrected chi connectivity index (χ1v) is 11.6. The Morgan fingerprint density at radius 2 is 1.94 bits per heavy atom. The summed E-state index contributed by atoms with van der Waals surface area (Å²) in [5, 5.41) is 11.3. The van der Waals surface area contributed by atoms with Crippen LogP contribution in [-0.4, -0.2) is 33.0 Å².